The van der Waals surface area contributed by atoms with Gasteiger partial charge in [0.25, 0.3) is 0 Å². The number of allylic oxidation sites excluding steroid dienone is 1. The summed E-state index contributed by atoms with van der Waals surface area (Å²) in [4.78, 5) is 11.0. The molecule has 0 radical (unpaired) electrons. The average molecular weight is 503 g/mol. The molecule has 0 saturated heterocycles. The van der Waals surface area contributed by atoms with Crippen molar-refractivity contribution in [2.75, 3.05) is 12.4 Å². The molecule has 3 rings (SSSR count). The first kappa shape index (κ1) is 29.7. The molecule has 5 nitrogen and oxygen atoms in total. The maximum atomic E-state index is 11.0. The van der Waals surface area contributed by atoms with Crippen molar-refractivity contribution in [2.45, 2.75) is 66.5 Å². The lowest BCUT2D eigenvalue weighted by atomic mass is 9.86. The van der Waals surface area contributed by atoms with Crippen LogP contribution < -0.4 is 10.6 Å². The van der Waals surface area contributed by atoms with Gasteiger partial charge in [0.1, 0.15) is 0 Å². The van der Waals surface area contributed by atoms with Gasteiger partial charge in [-0.25, -0.2) is 0 Å². The van der Waals surface area contributed by atoms with E-state index in [9.17, 15) is 9.90 Å². The second kappa shape index (κ2) is 13.1. The third-order valence-electron chi connectivity index (χ3n) is 5.95. The SMILES string of the molecule is C=C(O)Cc1c(-c2ccc(C)cc2)cc(-c2ccc(CC)cc2CNC=O)c(NC)c1C.CC(C)(C)O. The molecule has 0 aliphatic rings. The molecule has 3 aromatic carbocycles. The second-order valence-electron chi connectivity index (χ2n) is 10.3. The number of carbonyl (C=O) groups is 1. The van der Waals surface area contributed by atoms with Gasteiger partial charge in [-0.1, -0.05) is 61.5 Å². The fourth-order valence-electron chi connectivity index (χ4n) is 4.24. The van der Waals surface area contributed by atoms with E-state index in [1.807, 2.05) is 7.05 Å². The fraction of sp³-hybridized carbons (Fsp3) is 0.344. The van der Waals surface area contributed by atoms with Gasteiger partial charge in [0.15, 0.2) is 0 Å². The third kappa shape index (κ3) is 8.50. The highest BCUT2D eigenvalue weighted by Crippen LogP contribution is 2.41. The summed E-state index contributed by atoms with van der Waals surface area (Å²) in [5.74, 6) is 0.138. The fourth-order valence-corrected chi connectivity index (χ4v) is 4.24. The van der Waals surface area contributed by atoms with Gasteiger partial charge in [-0.05, 0) is 86.1 Å². The third-order valence-corrected chi connectivity index (χ3v) is 5.95. The van der Waals surface area contributed by atoms with Gasteiger partial charge in [0.2, 0.25) is 6.41 Å². The Labute approximate surface area is 222 Å². The van der Waals surface area contributed by atoms with Crippen molar-refractivity contribution in [1.82, 2.24) is 5.32 Å². The Morgan fingerprint density at radius 1 is 1.00 bits per heavy atom. The van der Waals surface area contributed by atoms with Crippen LogP contribution in [0.25, 0.3) is 22.3 Å². The number of carbonyl (C=O) groups excluding carboxylic acids is 1. The highest BCUT2D eigenvalue weighted by atomic mass is 16.3. The first-order valence-electron chi connectivity index (χ1n) is 12.7. The van der Waals surface area contributed by atoms with E-state index in [1.165, 1.54) is 11.1 Å². The van der Waals surface area contributed by atoms with Crippen LogP contribution in [0.1, 0.15) is 55.5 Å². The summed E-state index contributed by atoms with van der Waals surface area (Å²) in [6.07, 6.45) is 2.05. The van der Waals surface area contributed by atoms with Crippen molar-refractivity contribution in [3.05, 3.63) is 88.7 Å². The minimum Gasteiger partial charge on any atom is -0.513 e. The molecule has 198 valence electrons. The number of hydrogen-bond acceptors (Lipinski definition) is 4. The van der Waals surface area contributed by atoms with Crippen molar-refractivity contribution in [3.8, 4) is 22.3 Å². The lowest BCUT2D eigenvalue weighted by Gasteiger charge is -2.22. The molecule has 0 aliphatic heterocycles. The van der Waals surface area contributed by atoms with E-state index in [0.29, 0.717) is 13.0 Å². The molecular weight excluding hydrogens is 460 g/mol. The lowest BCUT2D eigenvalue weighted by Crippen LogP contribution is -2.12. The summed E-state index contributed by atoms with van der Waals surface area (Å²) in [7, 11) is 1.92. The van der Waals surface area contributed by atoms with Gasteiger partial charge in [-0.15, -0.1) is 0 Å². The summed E-state index contributed by atoms with van der Waals surface area (Å²) in [6.45, 7) is 15.7. The average Bonchev–Trinajstić information content (AvgIpc) is 2.83. The van der Waals surface area contributed by atoms with Crippen LogP contribution in [0.15, 0.2) is 60.9 Å². The predicted molar refractivity (Wildman–Crippen MR) is 156 cm³/mol. The Hall–Kier alpha value is -3.57. The molecule has 0 aliphatic carbocycles. The molecule has 0 atom stereocenters. The van der Waals surface area contributed by atoms with Gasteiger partial charge in [-0.3, -0.25) is 4.79 Å². The van der Waals surface area contributed by atoms with Gasteiger partial charge >= 0.3 is 0 Å². The molecular formula is C32H42N2O3. The molecule has 0 spiro atoms. The van der Waals surface area contributed by atoms with Crippen LogP contribution in [0.3, 0.4) is 0 Å². The highest BCUT2D eigenvalue weighted by molar-refractivity contribution is 5.89. The molecule has 0 aromatic heterocycles. The molecule has 1 amide bonds. The lowest BCUT2D eigenvalue weighted by molar-refractivity contribution is -0.109. The summed E-state index contributed by atoms with van der Waals surface area (Å²) in [6, 6.07) is 17.1. The van der Waals surface area contributed by atoms with Gasteiger partial charge in [0, 0.05) is 31.3 Å². The van der Waals surface area contributed by atoms with E-state index < -0.39 is 5.60 Å². The van der Waals surface area contributed by atoms with Crippen LogP contribution in [-0.4, -0.2) is 29.3 Å². The summed E-state index contributed by atoms with van der Waals surface area (Å²) >= 11 is 0. The van der Waals surface area contributed by atoms with Crippen LogP contribution in [0.5, 0.6) is 0 Å². The number of aliphatic hydroxyl groups is 2. The van der Waals surface area contributed by atoms with Crippen molar-refractivity contribution in [3.63, 3.8) is 0 Å². The molecule has 0 unspecified atom stereocenters. The Balaban J connectivity index is 0.000000877. The van der Waals surface area contributed by atoms with E-state index in [1.54, 1.807) is 20.8 Å². The van der Waals surface area contributed by atoms with Crippen LogP contribution in [-0.2, 0) is 24.2 Å². The zero-order valence-electron chi connectivity index (χ0n) is 23.3. The number of rotatable bonds is 9. The molecule has 0 fully saturated rings. The summed E-state index contributed by atoms with van der Waals surface area (Å²) < 4.78 is 0. The normalized spacial score (nSPS) is 10.8. The predicted octanol–water partition coefficient (Wildman–Crippen LogP) is 6.88. The van der Waals surface area contributed by atoms with Crippen LogP contribution >= 0.6 is 0 Å². The molecule has 37 heavy (non-hydrogen) atoms. The van der Waals surface area contributed by atoms with E-state index in [2.05, 4.69) is 86.5 Å². The zero-order chi connectivity index (χ0) is 27.8. The molecule has 0 saturated carbocycles. The number of aliphatic hydroxyl groups excluding tert-OH is 1. The minimum atomic E-state index is -0.500. The van der Waals surface area contributed by atoms with Crippen molar-refractivity contribution in [2.24, 2.45) is 0 Å². The Kier molecular flexibility index (Phi) is 10.5. The number of hydrogen-bond donors (Lipinski definition) is 4. The molecule has 3 aromatic rings. The Morgan fingerprint density at radius 3 is 2.14 bits per heavy atom. The van der Waals surface area contributed by atoms with Gasteiger partial charge in [-0.2, -0.15) is 0 Å². The van der Waals surface area contributed by atoms with E-state index in [-0.39, 0.29) is 5.76 Å². The van der Waals surface area contributed by atoms with Crippen LogP contribution in [0, 0.1) is 13.8 Å². The van der Waals surface area contributed by atoms with Crippen molar-refractivity contribution < 1.29 is 15.0 Å². The number of aryl methyl sites for hydroxylation is 2. The standard InChI is InChI=1S/C28H32N2O2.C4H10O/c1-6-21-9-12-24(23(14-21)16-30-17-31)27-15-26(22-10-7-18(2)8-11-22)25(13-19(3)32)20(4)28(27)29-5;1-4(2,3)5/h7-12,14-15,17,29,32H,3,6,13,16H2,1-2,4-5H3,(H,30,31);5H,1-3H3. The Morgan fingerprint density at radius 2 is 1.62 bits per heavy atom. The van der Waals surface area contributed by atoms with Crippen molar-refractivity contribution in [1.29, 1.82) is 0 Å². The number of benzene rings is 3. The first-order chi connectivity index (χ1) is 17.4. The zero-order valence-corrected chi connectivity index (χ0v) is 23.3. The summed E-state index contributed by atoms with van der Waals surface area (Å²) in [5.41, 5.74) is 10.4. The number of nitrogens with one attached hydrogen (secondary N) is 2. The van der Waals surface area contributed by atoms with Crippen LogP contribution in [0.2, 0.25) is 0 Å². The quantitative estimate of drug-likeness (QED) is 0.190. The smallest absolute Gasteiger partial charge is 0.207 e. The highest BCUT2D eigenvalue weighted by Gasteiger charge is 2.19. The Bertz CT molecular complexity index is 1220. The minimum absolute atomic E-state index is 0.138. The topological polar surface area (TPSA) is 81.6 Å². The maximum absolute atomic E-state index is 11.0. The monoisotopic (exact) mass is 502 g/mol. The largest absolute Gasteiger partial charge is 0.513 e. The second-order valence-corrected chi connectivity index (χ2v) is 10.3. The van der Waals surface area contributed by atoms with Gasteiger partial charge < -0.3 is 20.8 Å². The van der Waals surface area contributed by atoms with E-state index in [4.69, 9.17) is 5.11 Å². The number of anilines is 1. The first-order valence-corrected chi connectivity index (χ1v) is 12.7. The van der Waals surface area contributed by atoms with E-state index in [0.717, 1.165) is 57.5 Å². The summed E-state index contributed by atoms with van der Waals surface area (Å²) in [5, 5.41) is 24.8. The number of amides is 1. The molecule has 0 bridgehead atoms. The van der Waals surface area contributed by atoms with Gasteiger partial charge in [0.05, 0.1) is 11.4 Å². The van der Waals surface area contributed by atoms with E-state index >= 15 is 0 Å². The molecule has 4 N–H and O–H groups in total. The molecule has 0 heterocycles. The maximum Gasteiger partial charge on any atom is 0.207 e. The van der Waals surface area contributed by atoms with Crippen molar-refractivity contribution >= 4 is 12.1 Å². The molecule has 5 heteroatoms. The van der Waals surface area contributed by atoms with Crippen LogP contribution in [0.4, 0.5) is 5.69 Å².